The van der Waals surface area contributed by atoms with E-state index in [9.17, 15) is 4.79 Å². The summed E-state index contributed by atoms with van der Waals surface area (Å²) < 4.78 is 3.57. The number of fused-ring (bicyclic) bond motifs is 1. The van der Waals surface area contributed by atoms with E-state index in [1.165, 1.54) is 0 Å². The van der Waals surface area contributed by atoms with Crippen LogP contribution >= 0.6 is 0 Å². The van der Waals surface area contributed by atoms with Crippen molar-refractivity contribution < 1.29 is 0 Å². The lowest BCUT2D eigenvalue weighted by Gasteiger charge is -2.32. The van der Waals surface area contributed by atoms with Gasteiger partial charge in [0.1, 0.15) is 5.54 Å². The first-order chi connectivity index (χ1) is 16.8. The van der Waals surface area contributed by atoms with Gasteiger partial charge in [-0.15, -0.1) is 0 Å². The molecule has 0 fully saturated rings. The zero-order valence-corrected chi connectivity index (χ0v) is 19.9. The van der Waals surface area contributed by atoms with Crippen molar-refractivity contribution in [3.63, 3.8) is 0 Å². The molecule has 0 aliphatic heterocycles. The minimum absolute atomic E-state index is 0.0675. The minimum Gasteiger partial charge on any atom is -0.336 e. The lowest BCUT2D eigenvalue weighted by molar-refractivity contribution is 0.596. The van der Waals surface area contributed by atoms with Crippen LogP contribution in [-0.4, -0.2) is 14.1 Å². The summed E-state index contributed by atoms with van der Waals surface area (Å²) in [5.74, 6) is 0. The Morgan fingerprint density at radius 3 is 2.37 bits per heavy atom. The zero-order valence-electron chi connectivity index (χ0n) is 19.9. The van der Waals surface area contributed by atoms with Gasteiger partial charge in [0.05, 0.1) is 30.3 Å². The molecular formula is C29H25N5O. The number of rotatable bonds is 4. The molecule has 35 heavy (non-hydrogen) atoms. The molecule has 0 bridgehead atoms. The highest BCUT2D eigenvalue weighted by Gasteiger charge is 2.35. The Balaban J connectivity index is 1.83. The molecule has 0 aliphatic rings. The maximum absolute atomic E-state index is 12.8. The van der Waals surface area contributed by atoms with Crippen LogP contribution in [-0.2, 0) is 19.6 Å². The van der Waals surface area contributed by atoms with Crippen molar-refractivity contribution in [2.75, 3.05) is 0 Å². The van der Waals surface area contributed by atoms with Gasteiger partial charge in [-0.25, -0.2) is 9.83 Å². The van der Waals surface area contributed by atoms with Gasteiger partial charge in [-0.05, 0) is 41.3 Å². The van der Waals surface area contributed by atoms with E-state index in [-0.39, 0.29) is 5.56 Å². The van der Waals surface area contributed by atoms with Crippen molar-refractivity contribution in [3.05, 3.63) is 129 Å². The van der Waals surface area contributed by atoms with Gasteiger partial charge in [-0.2, -0.15) is 0 Å². The Hall–Kier alpha value is -4.47. The molecule has 5 rings (SSSR count). The lowest BCUT2D eigenvalue weighted by Crippen LogP contribution is -2.41. The third kappa shape index (κ3) is 3.63. The number of aromatic nitrogens is 3. The molecule has 172 valence electrons. The summed E-state index contributed by atoms with van der Waals surface area (Å²) in [7, 11) is 3.70. The fourth-order valence-corrected chi connectivity index (χ4v) is 4.76. The Kier molecular flexibility index (Phi) is 5.35. The molecule has 0 spiro atoms. The van der Waals surface area contributed by atoms with Crippen molar-refractivity contribution in [3.8, 4) is 11.1 Å². The largest absolute Gasteiger partial charge is 0.336 e. The fraction of sp³-hybridized carbons (Fsp3) is 0.138. The predicted octanol–water partition coefficient (Wildman–Crippen LogP) is 5.05. The molecular weight excluding hydrogens is 434 g/mol. The Labute approximate surface area is 203 Å². The summed E-state index contributed by atoms with van der Waals surface area (Å²) in [5, 5.41) is 0.935. The van der Waals surface area contributed by atoms with Crippen molar-refractivity contribution in [1.82, 2.24) is 14.1 Å². The van der Waals surface area contributed by atoms with Crippen molar-refractivity contribution in [2.45, 2.75) is 12.5 Å². The molecule has 0 unspecified atom stereocenters. The lowest BCUT2D eigenvalue weighted by atomic mass is 9.80. The molecule has 3 aromatic carbocycles. The molecule has 0 radical (unpaired) electrons. The van der Waals surface area contributed by atoms with E-state index in [1.54, 1.807) is 42.3 Å². The third-order valence-electron chi connectivity index (χ3n) is 6.70. The second kappa shape index (κ2) is 8.39. The maximum atomic E-state index is 12.8. The van der Waals surface area contributed by atoms with E-state index in [0.29, 0.717) is 5.69 Å². The number of benzene rings is 3. The van der Waals surface area contributed by atoms with Crippen LogP contribution in [0.4, 0.5) is 5.69 Å². The normalized spacial score (nSPS) is 12.9. The van der Waals surface area contributed by atoms with E-state index in [1.807, 2.05) is 61.0 Å². The molecule has 6 heteroatoms. The highest BCUT2D eigenvalue weighted by atomic mass is 16.1. The first-order valence-electron chi connectivity index (χ1n) is 11.3. The van der Waals surface area contributed by atoms with Crippen LogP contribution in [0.5, 0.6) is 0 Å². The topological polar surface area (TPSA) is 70.2 Å². The van der Waals surface area contributed by atoms with Gasteiger partial charge in [0.25, 0.3) is 5.56 Å². The van der Waals surface area contributed by atoms with Crippen molar-refractivity contribution >= 4 is 16.6 Å². The minimum atomic E-state index is -1.03. The second-order valence-electron chi connectivity index (χ2n) is 8.91. The van der Waals surface area contributed by atoms with Crippen LogP contribution in [0.3, 0.4) is 0 Å². The van der Waals surface area contributed by atoms with E-state index in [4.69, 9.17) is 12.3 Å². The predicted molar refractivity (Wildman–Crippen MR) is 139 cm³/mol. The van der Waals surface area contributed by atoms with Gasteiger partial charge in [-0.3, -0.25) is 4.79 Å². The highest BCUT2D eigenvalue weighted by molar-refractivity contribution is 5.95. The standard InChI is InChI=1S/C29H25N5O/c1-19-6-5-7-20(14-19)24-16-28(35)34(4)26-13-10-22(15-25(24)26)29(30,27-17-32-18-33(27)3)21-8-11-23(31-2)12-9-21/h5-18H,30H2,1,3-4H3/t29-/m1/s1. The summed E-state index contributed by atoms with van der Waals surface area (Å²) in [4.78, 5) is 20.7. The summed E-state index contributed by atoms with van der Waals surface area (Å²) in [6.07, 6.45) is 3.50. The van der Waals surface area contributed by atoms with Gasteiger partial charge in [0.15, 0.2) is 5.69 Å². The number of nitrogens with two attached hydrogens (primary N) is 1. The number of nitrogens with zero attached hydrogens (tertiary/aromatic N) is 4. The van der Waals surface area contributed by atoms with E-state index >= 15 is 0 Å². The number of hydrogen-bond donors (Lipinski definition) is 1. The second-order valence-corrected chi connectivity index (χ2v) is 8.91. The molecule has 2 aromatic heterocycles. The summed E-state index contributed by atoms with van der Waals surface area (Å²) in [6, 6.07) is 23.2. The molecule has 6 nitrogen and oxygen atoms in total. The van der Waals surface area contributed by atoms with Crippen LogP contribution in [0.2, 0.25) is 0 Å². The molecule has 2 heterocycles. The SMILES string of the molecule is [C-]#[N+]c1ccc([C@@](N)(c2ccc3c(c2)c(-c2cccc(C)c2)cc(=O)n3C)c2cncn2C)cc1. The Morgan fingerprint density at radius 2 is 1.71 bits per heavy atom. The quantitative estimate of drug-likeness (QED) is 0.383. The van der Waals surface area contributed by atoms with Gasteiger partial charge in [0.2, 0.25) is 0 Å². The van der Waals surface area contributed by atoms with Crippen LogP contribution in [0, 0.1) is 13.5 Å². The summed E-state index contributed by atoms with van der Waals surface area (Å²) in [5.41, 5.74) is 13.0. The van der Waals surface area contributed by atoms with Crippen LogP contribution in [0.15, 0.2) is 90.1 Å². The fourth-order valence-electron chi connectivity index (χ4n) is 4.76. The Morgan fingerprint density at radius 1 is 0.971 bits per heavy atom. The molecule has 0 saturated heterocycles. The summed E-state index contributed by atoms with van der Waals surface area (Å²) >= 11 is 0. The molecule has 0 amide bonds. The summed E-state index contributed by atoms with van der Waals surface area (Å²) in [6.45, 7) is 9.35. The molecule has 0 saturated carbocycles. The number of pyridine rings is 1. The smallest absolute Gasteiger partial charge is 0.251 e. The maximum Gasteiger partial charge on any atom is 0.251 e. The van der Waals surface area contributed by atoms with Gasteiger partial charge >= 0.3 is 0 Å². The van der Waals surface area contributed by atoms with E-state index < -0.39 is 5.54 Å². The third-order valence-corrected chi connectivity index (χ3v) is 6.70. The van der Waals surface area contributed by atoms with Crippen LogP contribution in [0.1, 0.15) is 22.4 Å². The molecule has 5 aromatic rings. The molecule has 0 aliphatic carbocycles. The average molecular weight is 460 g/mol. The van der Waals surface area contributed by atoms with Crippen molar-refractivity contribution in [2.24, 2.45) is 19.8 Å². The van der Waals surface area contributed by atoms with Gasteiger partial charge in [0, 0.05) is 25.5 Å². The number of aryl methyl sites for hydroxylation is 3. The van der Waals surface area contributed by atoms with Gasteiger partial charge in [-0.1, -0.05) is 60.2 Å². The van der Waals surface area contributed by atoms with Crippen molar-refractivity contribution in [1.29, 1.82) is 0 Å². The van der Waals surface area contributed by atoms with E-state index in [0.717, 1.165) is 44.4 Å². The highest BCUT2D eigenvalue weighted by Crippen LogP contribution is 2.38. The monoisotopic (exact) mass is 459 g/mol. The zero-order chi connectivity index (χ0) is 24.7. The van der Waals surface area contributed by atoms with Gasteiger partial charge < -0.3 is 14.9 Å². The Bertz CT molecular complexity index is 1670. The number of hydrogen-bond acceptors (Lipinski definition) is 3. The van der Waals surface area contributed by atoms with Crippen LogP contribution in [0.25, 0.3) is 26.9 Å². The molecule has 1 atom stereocenters. The number of imidazole rings is 1. The first kappa shape index (κ1) is 22.3. The van der Waals surface area contributed by atoms with E-state index in [2.05, 4.69) is 22.0 Å². The average Bonchev–Trinajstić information content (AvgIpc) is 3.31. The molecule has 2 N–H and O–H groups in total. The van der Waals surface area contributed by atoms with Crippen LogP contribution < -0.4 is 11.3 Å². The first-order valence-corrected chi connectivity index (χ1v) is 11.3.